The molecule has 0 fully saturated rings. The quantitative estimate of drug-likeness (QED) is 0.882. The van der Waals surface area contributed by atoms with Crippen molar-refractivity contribution in [2.45, 2.75) is 26.9 Å². The molecule has 0 radical (unpaired) electrons. The minimum Gasteiger partial charge on any atom is -0.378 e. The third-order valence-electron chi connectivity index (χ3n) is 2.65. The highest BCUT2D eigenvalue weighted by Crippen LogP contribution is 2.16. The van der Waals surface area contributed by atoms with Gasteiger partial charge in [-0.05, 0) is 41.9 Å². The lowest BCUT2D eigenvalue weighted by molar-refractivity contribution is 0.719. The zero-order valence-electron chi connectivity index (χ0n) is 9.94. The van der Waals surface area contributed by atoms with Crippen LogP contribution < -0.4 is 5.32 Å². The van der Waals surface area contributed by atoms with Gasteiger partial charge in [-0.2, -0.15) is 0 Å². The Bertz CT molecular complexity index is 507. The van der Waals surface area contributed by atoms with Crippen LogP contribution >= 0.6 is 15.9 Å². The summed E-state index contributed by atoms with van der Waals surface area (Å²) in [5.41, 5.74) is 3.22. The lowest BCUT2D eigenvalue weighted by atomic mass is 10.3. The molecule has 2 aromatic heterocycles. The number of hydrogen-bond acceptors (Lipinski definition) is 3. The van der Waals surface area contributed by atoms with E-state index in [1.807, 2.05) is 31.6 Å². The van der Waals surface area contributed by atoms with Crippen molar-refractivity contribution in [3.05, 3.63) is 40.6 Å². The van der Waals surface area contributed by atoms with Crippen LogP contribution in [-0.4, -0.2) is 14.5 Å². The molecule has 0 aromatic carbocycles. The minimum atomic E-state index is 0.762. The summed E-state index contributed by atoms with van der Waals surface area (Å²) in [6.45, 7) is 5.80. The van der Waals surface area contributed by atoms with Crippen LogP contribution in [0, 0.1) is 6.92 Å². The number of aromatic nitrogens is 3. The summed E-state index contributed by atoms with van der Waals surface area (Å²) in [4.78, 5) is 8.49. The van der Waals surface area contributed by atoms with E-state index in [1.54, 1.807) is 0 Å². The summed E-state index contributed by atoms with van der Waals surface area (Å²) in [6.07, 6.45) is 3.74. The monoisotopic (exact) mass is 294 g/mol. The van der Waals surface area contributed by atoms with Gasteiger partial charge in [0.25, 0.3) is 0 Å². The summed E-state index contributed by atoms with van der Waals surface area (Å²) in [5.74, 6) is 0. The Morgan fingerprint density at radius 2 is 2.24 bits per heavy atom. The number of hydrogen-bond donors (Lipinski definition) is 1. The lowest BCUT2D eigenvalue weighted by Crippen LogP contribution is -2.07. The van der Waals surface area contributed by atoms with Gasteiger partial charge >= 0.3 is 0 Å². The minimum absolute atomic E-state index is 0.762. The first-order valence-corrected chi connectivity index (χ1v) is 6.36. The Kier molecular flexibility index (Phi) is 3.78. The molecule has 0 bridgehead atoms. The van der Waals surface area contributed by atoms with Crippen LogP contribution in [0.1, 0.15) is 18.3 Å². The van der Waals surface area contributed by atoms with E-state index in [4.69, 9.17) is 0 Å². The standard InChI is InChI=1S/C12H15BrN4/c1-3-17-8-14-6-10(17)7-15-11-4-5-12(13)16-9(11)2/h4-6,8,15H,3,7H2,1-2H3. The third kappa shape index (κ3) is 2.85. The van der Waals surface area contributed by atoms with E-state index in [-0.39, 0.29) is 0 Å². The molecule has 0 aliphatic carbocycles. The molecular formula is C12H15BrN4. The predicted molar refractivity (Wildman–Crippen MR) is 71.9 cm³/mol. The van der Waals surface area contributed by atoms with Crippen LogP contribution in [0.4, 0.5) is 5.69 Å². The van der Waals surface area contributed by atoms with E-state index in [0.29, 0.717) is 0 Å². The second-order valence-electron chi connectivity index (χ2n) is 3.79. The van der Waals surface area contributed by atoms with Gasteiger partial charge in [-0.1, -0.05) is 0 Å². The molecule has 0 atom stereocenters. The van der Waals surface area contributed by atoms with Gasteiger partial charge in [0, 0.05) is 12.7 Å². The maximum atomic E-state index is 4.35. The van der Waals surface area contributed by atoms with Gasteiger partial charge < -0.3 is 9.88 Å². The fourth-order valence-corrected chi connectivity index (χ4v) is 2.08. The highest BCUT2D eigenvalue weighted by molar-refractivity contribution is 9.10. The van der Waals surface area contributed by atoms with E-state index in [1.165, 1.54) is 5.69 Å². The average molecular weight is 295 g/mol. The molecule has 2 aromatic rings. The van der Waals surface area contributed by atoms with Gasteiger partial charge in [0.15, 0.2) is 0 Å². The Morgan fingerprint density at radius 3 is 2.94 bits per heavy atom. The van der Waals surface area contributed by atoms with Crippen molar-refractivity contribution >= 4 is 21.6 Å². The molecule has 0 spiro atoms. The van der Waals surface area contributed by atoms with E-state index >= 15 is 0 Å². The van der Waals surface area contributed by atoms with Crippen LogP contribution in [0.3, 0.4) is 0 Å². The molecular weight excluding hydrogens is 280 g/mol. The first kappa shape index (κ1) is 12.1. The molecule has 2 heterocycles. The highest BCUT2D eigenvalue weighted by atomic mass is 79.9. The largest absolute Gasteiger partial charge is 0.378 e. The zero-order chi connectivity index (χ0) is 12.3. The van der Waals surface area contributed by atoms with Gasteiger partial charge in [0.1, 0.15) is 4.60 Å². The zero-order valence-corrected chi connectivity index (χ0v) is 11.5. The summed E-state index contributed by atoms with van der Waals surface area (Å²) in [6, 6.07) is 3.96. The fourth-order valence-electron chi connectivity index (χ4n) is 1.68. The van der Waals surface area contributed by atoms with Gasteiger partial charge in [0.05, 0.1) is 29.9 Å². The Labute approximate surface area is 109 Å². The van der Waals surface area contributed by atoms with Gasteiger partial charge in [-0.15, -0.1) is 0 Å². The summed E-state index contributed by atoms with van der Waals surface area (Å²) < 4.78 is 2.98. The molecule has 0 saturated heterocycles. The number of anilines is 1. The summed E-state index contributed by atoms with van der Waals surface area (Å²) in [5, 5.41) is 3.37. The van der Waals surface area contributed by atoms with Crippen LogP contribution in [0.15, 0.2) is 29.3 Å². The van der Waals surface area contributed by atoms with Crippen molar-refractivity contribution in [3.8, 4) is 0 Å². The number of halogens is 1. The van der Waals surface area contributed by atoms with Crippen molar-refractivity contribution in [2.24, 2.45) is 0 Å². The number of nitrogens with one attached hydrogen (secondary N) is 1. The maximum Gasteiger partial charge on any atom is 0.106 e. The molecule has 0 unspecified atom stereocenters. The summed E-state index contributed by atoms with van der Waals surface area (Å²) >= 11 is 3.36. The molecule has 0 aliphatic rings. The molecule has 17 heavy (non-hydrogen) atoms. The number of nitrogens with zero attached hydrogens (tertiary/aromatic N) is 3. The topological polar surface area (TPSA) is 42.7 Å². The highest BCUT2D eigenvalue weighted by Gasteiger charge is 2.03. The molecule has 90 valence electrons. The molecule has 0 amide bonds. The second kappa shape index (κ2) is 5.31. The molecule has 2 rings (SSSR count). The van der Waals surface area contributed by atoms with E-state index in [9.17, 15) is 0 Å². The Hall–Kier alpha value is -1.36. The van der Waals surface area contributed by atoms with E-state index < -0.39 is 0 Å². The normalized spacial score (nSPS) is 10.5. The first-order valence-electron chi connectivity index (χ1n) is 5.56. The molecule has 0 aliphatic heterocycles. The number of imidazole rings is 1. The number of pyridine rings is 1. The van der Waals surface area contributed by atoms with Crippen LogP contribution in [0.25, 0.3) is 0 Å². The first-order chi connectivity index (χ1) is 8.20. The number of rotatable bonds is 4. The lowest BCUT2D eigenvalue weighted by Gasteiger charge is -2.10. The van der Waals surface area contributed by atoms with Crippen molar-refractivity contribution in [1.82, 2.24) is 14.5 Å². The van der Waals surface area contributed by atoms with Gasteiger partial charge in [-0.3, -0.25) is 0 Å². The van der Waals surface area contributed by atoms with E-state index in [2.05, 4.69) is 42.7 Å². The third-order valence-corrected chi connectivity index (χ3v) is 3.09. The smallest absolute Gasteiger partial charge is 0.106 e. The van der Waals surface area contributed by atoms with Crippen molar-refractivity contribution in [3.63, 3.8) is 0 Å². The maximum absolute atomic E-state index is 4.35. The molecule has 4 nitrogen and oxygen atoms in total. The molecule has 5 heteroatoms. The van der Waals surface area contributed by atoms with Crippen molar-refractivity contribution in [1.29, 1.82) is 0 Å². The molecule has 0 saturated carbocycles. The number of aryl methyl sites for hydroxylation is 2. The average Bonchev–Trinajstić information content (AvgIpc) is 2.75. The SMILES string of the molecule is CCn1cncc1CNc1ccc(Br)nc1C. The van der Waals surface area contributed by atoms with Crippen molar-refractivity contribution in [2.75, 3.05) is 5.32 Å². The van der Waals surface area contributed by atoms with Gasteiger partial charge in [-0.25, -0.2) is 9.97 Å². The second-order valence-corrected chi connectivity index (χ2v) is 4.60. The molecule has 1 N–H and O–H groups in total. The summed E-state index contributed by atoms with van der Waals surface area (Å²) in [7, 11) is 0. The fraction of sp³-hybridized carbons (Fsp3) is 0.333. The predicted octanol–water partition coefficient (Wildman–Crippen LogP) is 2.98. The van der Waals surface area contributed by atoms with E-state index in [0.717, 1.165) is 29.1 Å². The Balaban J connectivity index is 2.07. The van der Waals surface area contributed by atoms with Crippen LogP contribution in [0.5, 0.6) is 0 Å². The van der Waals surface area contributed by atoms with Gasteiger partial charge in [0.2, 0.25) is 0 Å². The van der Waals surface area contributed by atoms with Crippen LogP contribution in [0.2, 0.25) is 0 Å². The van der Waals surface area contributed by atoms with Crippen molar-refractivity contribution < 1.29 is 0 Å². The Morgan fingerprint density at radius 1 is 1.41 bits per heavy atom. The van der Waals surface area contributed by atoms with Crippen LogP contribution in [-0.2, 0) is 13.1 Å².